The molecule has 5 heteroatoms. The number of hydrogen-bond donors (Lipinski definition) is 0. The molecule has 0 bridgehead atoms. The maximum Gasteiger partial charge on any atom is 0.512 e. The lowest BCUT2D eigenvalue weighted by molar-refractivity contribution is -0.0601. The van der Waals surface area contributed by atoms with Crippen LogP contribution < -0.4 is 10.3 Å². The van der Waals surface area contributed by atoms with E-state index < -0.39 is 0 Å². The Labute approximate surface area is 158 Å². The van der Waals surface area contributed by atoms with Crippen molar-refractivity contribution in [2.75, 3.05) is 7.11 Å². The first kappa shape index (κ1) is 19.3. The molecular formula is C21H32BNO3. The zero-order valence-electron chi connectivity index (χ0n) is 17.1. The van der Waals surface area contributed by atoms with E-state index in [9.17, 15) is 0 Å². The number of nitrogens with zero attached hydrogens (tertiary/aromatic N) is 1. The maximum atomic E-state index is 6.69. The van der Waals surface area contributed by atoms with Gasteiger partial charge in [0.15, 0.2) is 0 Å². The van der Waals surface area contributed by atoms with Gasteiger partial charge in [-0.1, -0.05) is 33.8 Å². The van der Waals surface area contributed by atoms with E-state index in [1.165, 1.54) is 0 Å². The summed E-state index contributed by atoms with van der Waals surface area (Å²) in [5, 5.41) is 1.11. The summed E-state index contributed by atoms with van der Waals surface area (Å²) >= 11 is 0. The van der Waals surface area contributed by atoms with Gasteiger partial charge in [-0.3, -0.25) is 0 Å². The average molecular weight is 357 g/mol. The Bertz CT molecular complexity index is 742. The second kappa shape index (κ2) is 7.28. The van der Waals surface area contributed by atoms with Gasteiger partial charge in [0, 0.05) is 17.5 Å². The highest BCUT2D eigenvalue weighted by Crippen LogP contribution is 2.47. The fraction of sp³-hybridized carbons (Fsp3) is 0.619. The molecule has 1 aliphatic heterocycles. The predicted octanol–water partition coefficient (Wildman–Crippen LogP) is 4.53. The molecule has 142 valence electrons. The van der Waals surface area contributed by atoms with Gasteiger partial charge in [-0.25, -0.2) is 0 Å². The topological polar surface area (TPSA) is 32.6 Å². The van der Waals surface area contributed by atoms with Crippen molar-refractivity contribution >= 4 is 23.6 Å². The number of benzene rings is 1. The van der Waals surface area contributed by atoms with Crippen LogP contribution >= 0.6 is 0 Å². The summed E-state index contributed by atoms with van der Waals surface area (Å²) in [4.78, 5) is 0. The highest BCUT2D eigenvalue weighted by Gasteiger charge is 2.59. The number of aryl methyl sites for hydroxylation is 1. The Balaban J connectivity index is 2.13. The van der Waals surface area contributed by atoms with Gasteiger partial charge in [0.2, 0.25) is 0 Å². The molecule has 0 unspecified atom stereocenters. The predicted molar refractivity (Wildman–Crippen MR) is 108 cm³/mol. The van der Waals surface area contributed by atoms with Gasteiger partial charge in [-0.05, 0) is 50.8 Å². The van der Waals surface area contributed by atoms with Crippen LogP contribution in [-0.4, -0.2) is 30.0 Å². The van der Waals surface area contributed by atoms with Crippen LogP contribution in [0.3, 0.4) is 0 Å². The molecule has 0 amide bonds. The van der Waals surface area contributed by atoms with Gasteiger partial charge in [-0.15, -0.1) is 0 Å². The third-order valence-electron chi connectivity index (χ3n) is 6.50. The lowest BCUT2D eigenvalue weighted by Gasteiger charge is -2.42. The number of ether oxygens (including phenoxy) is 1. The second-order valence-electron chi connectivity index (χ2n) is 7.18. The summed E-state index contributed by atoms with van der Waals surface area (Å²) in [6.07, 6.45) is 3.82. The molecule has 1 fully saturated rings. The Morgan fingerprint density at radius 1 is 0.962 bits per heavy atom. The summed E-state index contributed by atoms with van der Waals surface area (Å²) in [5.74, 6) is 0.892. The van der Waals surface area contributed by atoms with Crippen LogP contribution in [0.2, 0.25) is 0 Å². The van der Waals surface area contributed by atoms with Crippen molar-refractivity contribution in [2.24, 2.45) is 0 Å². The van der Waals surface area contributed by atoms with E-state index in [1.807, 2.05) is 12.1 Å². The molecule has 0 atom stereocenters. The third kappa shape index (κ3) is 2.59. The van der Waals surface area contributed by atoms with Gasteiger partial charge < -0.3 is 18.6 Å². The molecule has 4 nitrogen and oxygen atoms in total. The quantitative estimate of drug-likeness (QED) is 0.683. The fourth-order valence-electron chi connectivity index (χ4n) is 4.90. The second-order valence-corrected chi connectivity index (χ2v) is 7.18. The van der Waals surface area contributed by atoms with E-state index in [-0.39, 0.29) is 18.3 Å². The summed E-state index contributed by atoms with van der Waals surface area (Å²) < 4.78 is 21.3. The molecule has 1 aliphatic rings. The van der Waals surface area contributed by atoms with Crippen LogP contribution in [0.1, 0.15) is 60.3 Å². The highest BCUT2D eigenvalue weighted by atomic mass is 16.7. The summed E-state index contributed by atoms with van der Waals surface area (Å²) in [5.41, 5.74) is 1.78. The van der Waals surface area contributed by atoms with E-state index in [0.717, 1.165) is 54.5 Å². The molecule has 1 aromatic carbocycles. The van der Waals surface area contributed by atoms with Crippen molar-refractivity contribution in [3.8, 4) is 5.75 Å². The van der Waals surface area contributed by atoms with Gasteiger partial charge in [0.25, 0.3) is 0 Å². The van der Waals surface area contributed by atoms with Gasteiger partial charge >= 0.3 is 7.12 Å². The maximum absolute atomic E-state index is 6.69. The number of hydrogen-bond acceptors (Lipinski definition) is 3. The average Bonchev–Trinajstić information content (AvgIpc) is 3.23. The van der Waals surface area contributed by atoms with Crippen LogP contribution in [0.25, 0.3) is 10.9 Å². The first-order valence-corrected chi connectivity index (χ1v) is 10.1. The van der Waals surface area contributed by atoms with E-state index in [0.29, 0.717) is 0 Å². The summed E-state index contributed by atoms with van der Waals surface area (Å²) in [6.45, 7) is 11.9. The van der Waals surface area contributed by atoms with Crippen LogP contribution in [0.4, 0.5) is 0 Å². The van der Waals surface area contributed by atoms with E-state index in [1.54, 1.807) is 7.11 Å². The molecule has 3 rings (SSSR count). The zero-order chi connectivity index (χ0) is 18.9. The molecule has 2 heterocycles. The van der Waals surface area contributed by atoms with Crippen molar-refractivity contribution in [1.29, 1.82) is 0 Å². The normalized spacial score (nSPS) is 18.6. The van der Waals surface area contributed by atoms with Crippen LogP contribution in [0.5, 0.6) is 5.75 Å². The molecule has 0 saturated carbocycles. The van der Waals surface area contributed by atoms with Crippen molar-refractivity contribution < 1.29 is 14.0 Å². The smallest absolute Gasteiger partial charge is 0.496 e. The van der Waals surface area contributed by atoms with Crippen molar-refractivity contribution in [1.82, 2.24) is 4.57 Å². The minimum atomic E-state index is -0.341. The Morgan fingerprint density at radius 2 is 1.54 bits per heavy atom. The first-order chi connectivity index (χ1) is 12.5. The van der Waals surface area contributed by atoms with Crippen LogP contribution in [0, 0.1) is 0 Å². The Morgan fingerprint density at radius 3 is 2.00 bits per heavy atom. The molecule has 0 N–H and O–H groups in total. The molecule has 0 aliphatic carbocycles. The van der Waals surface area contributed by atoms with E-state index in [2.05, 4.69) is 51.3 Å². The molecule has 26 heavy (non-hydrogen) atoms. The van der Waals surface area contributed by atoms with Crippen molar-refractivity contribution in [2.45, 2.75) is 78.0 Å². The first-order valence-electron chi connectivity index (χ1n) is 10.1. The molecular weight excluding hydrogens is 325 g/mol. The van der Waals surface area contributed by atoms with Crippen molar-refractivity contribution in [3.05, 3.63) is 24.3 Å². The SMILES string of the molecule is CCn1c(B2OC(CC)(CC)C(CC)(CC)O2)cc2c(OC)cccc21. The van der Waals surface area contributed by atoms with Gasteiger partial charge in [0.05, 0.1) is 23.8 Å². The molecule has 1 aromatic heterocycles. The number of methoxy groups -OCH3 is 1. The molecule has 2 aromatic rings. The molecule has 0 spiro atoms. The summed E-state index contributed by atoms with van der Waals surface area (Å²) in [7, 11) is 1.38. The highest BCUT2D eigenvalue weighted by molar-refractivity contribution is 6.62. The van der Waals surface area contributed by atoms with E-state index >= 15 is 0 Å². The lowest BCUT2D eigenvalue weighted by atomic mass is 9.75. The van der Waals surface area contributed by atoms with Crippen molar-refractivity contribution in [3.63, 3.8) is 0 Å². The fourth-order valence-corrected chi connectivity index (χ4v) is 4.90. The zero-order valence-corrected chi connectivity index (χ0v) is 17.1. The minimum Gasteiger partial charge on any atom is -0.496 e. The van der Waals surface area contributed by atoms with E-state index in [4.69, 9.17) is 14.0 Å². The standard InChI is InChI=1S/C21H32BNO3/c1-7-20(8-2)21(9-3,10-4)26-22(25-20)19-15-16-17(23(19)11-5)13-12-14-18(16)24-6/h12-15H,7-11H2,1-6H3. The van der Waals surface area contributed by atoms with Crippen LogP contribution in [0.15, 0.2) is 24.3 Å². The third-order valence-corrected chi connectivity index (χ3v) is 6.50. The lowest BCUT2D eigenvalue weighted by Crippen LogP contribution is -2.50. The number of fused-ring (bicyclic) bond motifs is 1. The number of rotatable bonds is 7. The molecule has 0 radical (unpaired) electrons. The Hall–Kier alpha value is -1.46. The van der Waals surface area contributed by atoms with Gasteiger partial charge in [0.1, 0.15) is 5.75 Å². The Kier molecular flexibility index (Phi) is 5.41. The largest absolute Gasteiger partial charge is 0.512 e. The van der Waals surface area contributed by atoms with Crippen LogP contribution in [-0.2, 0) is 15.9 Å². The minimum absolute atomic E-state index is 0.236. The number of aromatic nitrogens is 1. The monoisotopic (exact) mass is 357 g/mol. The summed E-state index contributed by atoms with van der Waals surface area (Å²) in [6, 6.07) is 8.37. The van der Waals surface area contributed by atoms with Gasteiger partial charge in [-0.2, -0.15) is 0 Å². The molecule has 1 saturated heterocycles.